The summed E-state index contributed by atoms with van der Waals surface area (Å²) in [7, 11) is 2.12. The second-order valence-electron chi connectivity index (χ2n) is 9.96. The Morgan fingerprint density at radius 2 is 1.97 bits per heavy atom. The Morgan fingerprint density at radius 1 is 1.11 bits per heavy atom. The lowest BCUT2D eigenvalue weighted by atomic mass is 10.1. The summed E-state index contributed by atoms with van der Waals surface area (Å²) >= 11 is 0. The zero-order valence-corrected chi connectivity index (χ0v) is 20.8. The number of aromatic nitrogens is 1. The first-order valence-corrected chi connectivity index (χ1v) is 12.9. The van der Waals surface area contributed by atoms with Crippen LogP contribution in [0.1, 0.15) is 12.0 Å². The quantitative estimate of drug-likeness (QED) is 0.572. The van der Waals surface area contributed by atoms with Gasteiger partial charge in [0.15, 0.2) is 0 Å². The third kappa shape index (κ3) is 4.76. The molecule has 1 unspecified atom stereocenters. The molecule has 1 aromatic heterocycles. The summed E-state index contributed by atoms with van der Waals surface area (Å²) in [4.78, 5) is 24.6. The number of pyridine rings is 1. The van der Waals surface area contributed by atoms with Gasteiger partial charge in [0, 0.05) is 62.5 Å². The maximum absolute atomic E-state index is 13.1. The summed E-state index contributed by atoms with van der Waals surface area (Å²) < 4.78 is 11.8. The fourth-order valence-electron chi connectivity index (χ4n) is 5.36. The maximum Gasteiger partial charge on any atom is 0.238 e. The normalized spacial score (nSPS) is 20.6. The number of piperazine rings is 1. The van der Waals surface area contributed by atoms with Crippen molar-refractivity contribution in [1.82, 2.24) is 14.8 Å². The number of rotatable bonds is 6. The number of carbonyl (C=O) groups excluding carboxylic acids is 1. The zero-order chi connectivity index (χ0) is 24.5. The number of hydrogen-bond donors (Lipinski definition) is 1. The number of nitrogens with zero attached hydrogens (tertiary/aromatic N) is 4. The minimum atomic E-state index is -0.0246. The number of carbonyl (C=O) groups is 1. The number of benzene rings is 2. The molecule has 2 saturated heterocycles. The summed E-state index contributed by atoms with van der Waals surface area (Å²) in [6.45, 7) is 6.29. The first-order chi connectivity index (χ1) is 17.6. The molecular weight excluding hydrogens is 454 g/mol. The van der Waals surface area contributed by atoms with E-state index in [1.807, 2.05) is 18.3 Å². The molecule has 0 aliphatic carbocycles. The third-order valence-electron chi connectivity index (χ3n) is 7.42. The van der Waals surface area contributed by atoms with Crippen LogP contribution in [-0.4, -0.2) is 86.3 Å². The fraction of sp³-hybridized carbons (Fsp3) is 0.429. The average molecular weight is 488 g/mol. The molecule has 0 bridgehead atoms. The van der Waals surface area contributed by atoms with Gasteiger partial charge < -0.3 is 24.6 Å². The topological polar surface area (TPSA) is 70.2 Å². The highest BCUT2D eigenvalue weighted by molar-refractivity contribution is 6.01. The molecule has 1 amide bonds. The van der Waals surface area contributed by atoms with Crippen molar-refractivity contribution in [2.24, 2.45) is 0 Å². The van der Waals surface area contributed by atoms with E-state index >= 15 is 0 Å². The van der Waals surface area contributed by atoms with E-state index in [1.165, 1.54) is 11.3 Å². The first kappa shape index (κ1) is 23.2. The summed E-state index contributed by atoms with van der Waals surface area (Å²) in [6.07, 6.45) is 3.68. The number of para-hydroxylation sites is 1. The minimum absolute atomic E-state index is 0.0237. The van der Waals surface area contributed by atoms with Crippen LogP contribution in [0.25, 0.3) is 10.9 Å². The molecular formula is C28H33N5O3. The van der Waals surface area contributed by atoms with Gasteiger partial charge in [-0.15, -0.1) is 0 Å². The summed E-state index contributed by atoms with van der Waals surface area (Å²) in [5.41, 5.74) is 5.21. The molecule has 8 heteroatoms. The number of ether oxygens (including phenoxy) is 2. The van der Waals surface area contributed by atoms with E-state index in [0.717, 1.165) is 62.2 Å². The predicted octanol–water partition coefficient (Wildman–Crippen LogP) is 3.28. The van der Waals surface area contributed by atoms with Gasteiger partial charge in [-0.25, -0.2) is 0 Å². The van der Waals surface area contributed by atoms with Crippen molar-refractivity contribution in [3.05, 3.63) is 54.2 Å². The molecule has 188 valence electrons. The van der Waals surface area contributed by atoms with Gasteiger partial charge in [-0.05, 0) is 37.2 Å². The molecule has 2 aromatic carbocycles. The van der Waals surface area contributed by atoms with Gasteiger partial charge in [0.1, 0.15) is 11.9 Å². The predicted molar refractivity (Wildman–Crippen MR) is 141 cm³/mol. The summed E-state index contributed by atoms with van der Waals surface area (Å²) in [5.74, 6) is 0.625. The number of hydrogen-bond acceptors (Lipinski definition) is 7. The minimum Gasteiger partial charge on any atom is -0.486 e. The van der Waals surface area contributed by atoms with Crippen LogP contribution in [0, 0.1) is 0 Å². The number of likely N-dealkylation sites (N-methyl/N-ethyl adjacent to an activating group) is 1. The van der Waals surface area contributed by atoms with Crippen LogP contribution < -0.4 is 15.0 Å². The number of anilines is 3. The Morgan fingerprint density at radius 3 is 2.81 bits per heavy atom. The molecule has 1 atom stereocenters. The van der Waals surface area contributed by atoms with Crippen molar-refractivity contribution in [3.63, 3.8) is 0 Å². The van der Waals surface area contributed by atoms with E-state index in [4.69, 9.17) is 9.47 Å². The highest BCUT2D eigenvalue weighted by Gasteiger charge is 2.25. The van der Waals surface area contributed by atoms with E-state index in [2.05, 4.69) is 62.4 Å². The summed E-state index contributed by atoms with van der Waals surface area (Å²) in [6, 6.07) is 14.6. The van der Waals surface area contributed by atoms with Gasteiger partial charge in [0.05, 0.1) is 36.6 Å². The van der Waals surface area contributed by atoms with Crippen LogP contribution in [0.15, 0.2) is 48.7 Å². The molecule has 36 heavy (non-hydrogen) atoms. The Hall–Kier alpha value is -3.20. The number of nitrogens with one attached hydrogen (secondary N) is 1. The van der Waals surface area contributed by atoms with Crippen LogP contribution in [0.2, 0.25) is 0 Å². The lowest BCUT2D eigenvalue weighted by molar-refractivity contribution is -0.117. The van der Waals surface area contributed by atoms with Gasteiger partial charge in [-0.2, -0.15) is 0 Å². The van der Waals surface area contributed by atoms with E-state index in [-0.39, 0.29) is 12.0 Å². The van der Waals surface area contributed by atoms with Crippen LogP contribution in [0.3, 0.4) is 0 Å². The smallest absolute Gasteiger partial charge is 0.238 e. The summed E-state index contributed by atoms with van der Waals surface area (Å²) in [5, 5.41) is 4.16. The molecule has 4 heterocycles. The van der Waals surface area contributed by atoms with E-state index < -0.39 is 0 Å². The van der Waals surface area contributed by atoms with Crippen LogP contribution in [0.5, 0.6) is 5.75 Å². The van der Waals surface area contributed by atoms with Gasteiger partial charge in [0.25, 0.3) is 0 Å². The largest absolute Gasteiger partial charge is 0.486 e. The highest BCUT2D eigenvalue weighted by Crippen LogP contribution is 2.40. The van der Waals surface area contributed by atoms with Crippen molar-refractivity contribution in [2.45, 2.75) is 18.9 Å². The van der Waals surface area contributed by atoms with Crippen LogP contribution in [-0.2, 0) is 16.0 Å². The van der Waals surface area contributed by atoms with Crippen molar-refractivity contribution < 1.29 is 14.3 Å². The molecule has 2 fully saturated rings. The van der Waals surface area contributed by atoms with Crippen molar-refractivity contribution in [2.75, 3.05) is 69.7 Å². The maximum atomic E-state index is 13.1. The Bertz CT molecular complexity index is 1250. The van der Waals surface area contributed by atoms with Crippen LogP contribution in [0.4, 0.5) is 17.1 Å². The van der Waals surface area contributed by atoms with E-state index in [9.17, 15) is 4.79 Å². The second kappa shape index (κ2) is 10.0. The molecule has 0 spiro atoms. The van der Waals surface area contributed by atoms with E-state index in [1.54, 1.807) is 0 Å². The standard InChI is InChI=1S/C28H33N5O3/c1-31-11-13-32(14-12-31)18-28(34)30-24-16-22-23(17-27(24)36-21-8-15-35-19-21)29-9-6-26(22)33-10-7-20-4-2-3-5-25(20)33/h2-6,9,16-17,21H,7-8,10-15,18-19H2,1H3,(H,30,34). The molecule has 3 aliphatic rings. The second-order valence-corrected chi connectivity index (χ2v) is 9.96. The first-order valence-electron chi connectivity index (χ1n) is 12.9. The average Bonchev–Trinajstić information content (AvgIpc) is 3.55. The molecule has 3 aliphatic heterocycles. The Balaban J connectivity index is 1.33. The SMILES string of the molecule is CN1CCN(CC(=O)Nc2cc3c(N4CCc5ccccc54)ccnc3cc2OC2CCOC2)CC1. The zero-order valence-electron chi connectivity index (χ0n) is 20.8. The lowest BCUT2D eigenvalue weighted by Crippen LogP contribution is -2.47. The third-order valence-corrected chi connectivity index (χ3v) is 7.42. The molecule has 1 N–H and O–H groups in total. The number of fused-ring (bicyclic) bond motifs is 2. The van der Waals surface area contributed by atoms with Crippen molar-refractivity contribution >= 4 is 33.9 Å². The van der Waals surface area contributed by atoms with Crippen molar-refractivity contribution in [3.8, 4) is 5.75 Å². The van der Waals surface area contributed by atoms with Gasteiger partial charge >= 0.3 is 0 Å². The Labute approximate surface area is 211 Å². The van der Waals surface area contributed by atoms with Crippen LogP contribution >= 0.6 is 0 Å². The molecule has 0 saturated carbocycles. The monoisotopic (exact) mass is 487 g/mol. The number of amides is 1. The highest BCUT2D eigenvalue weighted by atomic mass is 16.5. The molecule has 3 aromatic rings. The molecule has 6 rings (SSSR count). The van der Waals surface area contributed by atoms with E-state index in [0.29, 0.717) is 31.2 Å². The van der Waals surface area contributed by atoms with Gasteiger partial charge in [-0.1, -0.05) is 18.2 Å². The van der Waals surface area contributed by atoms with Gasteiger partial charge in [0.2, 0.25) is 5.91 Å². The lowest BCUT2D eigenvalue weighted by Gasteiger charge is -2.31. The van der Waals surface area contributed by atoms with Gasteiger partial charge in [-0.3, -0.25) is 14.7 Å². The Kier molecular flexibility index (Phi) is 6.48. The molecule has 8 nitrogen and oxygen atoms in total. The fourth-order valence-corrected chi connectivity index (χ4v) is 5.36. The molecule has 0 radical (unpaired) electrons. The van der Waals surface area contributed by atoms with Crippen molar-refractivity contribution in [1.29, 1.82) is 0 Å².